The number of fused-ring (bicyclic) bond motifs is 1. The van der Waals surface area contributed by atoms with Gasteiger partial charge in [0.05, 0.1) is 6.61 Å². The van der Waals surface area contributed by atoms with Gasteiger partial charge in [0.25, 0.3) is 0 Å². The number of nitrogens with two attached hydrogens (primary N) is 1. The van der Waals surface area contributed by atoms with Gasteiger partial charge in [-0.15, -0.1) is 0 Å². The molecule has 2 nitrogen and oxygen atoms in total. The van der Waals surface area contributed by atoms with E-state index < -0.39 is 0 Å². The van der Waals surface area contributed by atoms with Gasteiger partial charge in [0, 0.05) is 6.04 Å². The fourth-order valence-electron chi connectivity index (χ4n) is 2.11. The molecule has 1 heterocycles. The molecule has 0 radical (unpaired) electrons. The summed E-state index contributed by atoms with van der Waals surface area (Å²) >= 11 is 0. The van der Waals surface area contributed by atoms with Crippen LogP contribution >= 0.6 is 0 Å². The lowest BCUT2D eigenvalue weighted by molar-refractivity contribution is 0.260. The van der Waals surface area contributed by atoms with Crippen LogP contribution in [-0.4, -0.2) is 12.6 Å². The summed E-state index contributed by atoms with van der Waals surface area (Å²) in [6, 6.07) is 8.56. The molecule has 0 amide bonds. The van der Waals surface area contributed by atoms with E-state index in [9.17, 15) is 0 Å². The highest BCUT2D eigenvalue weighted by Crippen LogP contribution is 2.35. The smallest absolute Gasteiger partial charge is 0.122 e. The quantitative estimate of drug-likeness (QED) is 0.778. The molecule has 0 spiro atoms. The van der Waals surface area contributed by atoms with E-state index >= 15 is 0 Å². The van der Waals surface area contributed by atoms with Gasteiger partial charge in [-0.25, -0.2) is 0 Å². The molecule has 2 N–H and O–H groups in total. The van der Waals surface area contributed by atoms with Crippen LogP contribution in [0.2, 0.25) is 0 Å². The molecule has 0 saturated carbocycles. The van der Waals surface area contributed by atoms with Crippen molar-refractivity contribution in [3.63, 3.8) is 0 Å². The molecule has 2 unspecified atom stereocenters. The first-order valence-electron chi connectivity index (χ1n) is 5.24. The Kier molecular flexibility index (Phi) is 2.73. The monoisotopic (exact) mass is 191 g/mol. The zero-order valence-corrected chi connectivity index (χ0v) is 8.57. The second-order valence-electron chi connectivity index (χ2n) is 4.08. The SMILES string of the molecule is CC(N)CC1CCOc2ccccc21. The van der Waals surface area contributed by atoms with Crippen molar-refractivity contribution in [1.82, 2.24) is 0 Å². The average Bonchev–Trinajstić information content (AvgIpc) is 2.18. The van der Waals surface area contributed by atoms with Gasteiger partial charge in [0.1, 0.15) is 5.75 Å². The maximum atomic E-state index is 5.84. The Hall–Kier alpha value is -1.02. The normalized spacial score (nSPS) is 22.3. The van der Waals surface area contributed by atoms with E-state index in [4.69, 9.17) is 10.5 Å². The fourth-order valence-corrected chi connectivity index (χ4v) is 2.11. The van der Waals surface area contributed by atoms with Gasteiger partial charge in [0.15, 0.2) is 0 Å². The molecule has 0 aromatic heterocycles. The predicted molar refractivity (Wildman–Crippen MR) is 57.6 cm³/mol. The van der Waals surface area contributed by atoms with Crippen molar-refractivity contribution >= 4 is 0 Å². The Morgan fingerprint density at radius 2 is 2.29 bits per heavy atom. The summed E-state index contributed by atoms with van der Waals surface area (Å²) in [5.41, 5.74) is 7.17. The first kappa shape index (κ1) is 9.53. The minimum atomic E-state index is 0.270. The standard InChI is InChI=1S/C12H17NO/c1-9(13)8-10-6-7-14-12-5-3-2-4-11(10)12/h2-5,9-10H,6-8,13H2,1H3. The highest BCUT2D eigenvalue weighted by Gasteiger charge is 2.21. The van der Waals surface area contributed by atoms with Crippen LogP contribution in [0.15, 0.2) is 24.3 Å². The Balaban J connectivity index is 2.22. The number of ether oxygens (including phenoxy) is 1. The fraction of sp³-hybridized carbons (Fsp3) is 0.500. The Morgan fingerprint density at radius 3 is 3.07 bits per heavy atom. The maximum Gasteiger partial charge on any atom is 0.122 e. The molecule has 0 saturated heterocycles. The topological polar surface area (TPSA) is 35.2 Å². The Labute approximate surface area is 85.1 Å². The molecule has 0 aliphatic carbocycles. The molecule has 1 aromatic carbocycles. The maximum absolute atomic E-state index is 5.84. The first-order chi connectivity index (χ1) is 6.77. The third kappa shape index (κ3) is 1.90. The van der Waals surface area contributed by atoms with Crippen LogP contribution in [0.3, 0.4) is 0 Å². The molecule has 2 rings (SSSR count). The van der Waals surface area contributed by atoms with Gasteiger partial charge in [-0.3, -0.25) is 0 Å². The average molecular weight is 191 g/mol. The molecular weight excluding hydrogens is 174 g/mol. The minimum Gasteiger partial charge on any atom is -0.493 e. The molecule has 14 heavy (non-hydrogen) atoms. The largest absolute Gasteiger partial charge is 0.493 e. The summed E-state index contributed by atoms with van der Waals surface area (Å²) in [5, 5.41) is 0. The lowest BCUT2D eigenvalue weighted by Crippen LogP contribution is -2.22. The molecule has 0 fully saturated rings. The summed E-state index contributed by atoms with van der Waals surface area (Å²) in [7, 11) is 0. The Morgan fingerprint density at radius 1 is 1.50 bits per heavy atom. The molecule has 1 aromatic rings. The number of rotatable bonds is 2. The van der Waals surface area contributed by atoms with Crippen LogP contribution in [0.25, 0.3) is 0 Å². The molecule has 0 bridgehead atoms. The van der Waals surface area contributed by atoms with E-state index in [2.05, 4.69) is 19.1 Å². The lowest BCUT2D eigenvalue weighted by Gasteiger charge is -2.26. The third-order valence-corrected chi connectivity index (χ3v) is 2.74. The highest BCUT2D eigenvalue weighted by molar-refractivity contribution is 5.37. The summed E-state index contributed by atoms with van der Waals surface area (Å²) in [4.78, 5) is 0. The summed E-state index contributed by atoms with van der Waals surface area (Å²) < 4.78 is 5.59. The van der Waals surface area contributed by atoms with E-state index in [0.29, 0.717) is 5.92 Å². The van der Waals surface area contributed by atoms with Crippen LogP contribution in [0.5, 0.6) is 5.75 Å². The third-order valence-electron chi connectivity index (χ3n) is 2.74. The van der Waals surface area contributed by atoms with Gasteiger partial charge < -0.3 is 10.5 Å². The van der Waals surface area contributed by atoms with Crippen molar-refractivity contribution < 1.29 is 4.74 Å². The van der Waals surface area contributed by atoms with E-state index in [1.54, 1.807) is 0 Å². The van der Waals surface area contributed by atoms with Crippen molar-refractivity contribution in [3.8, 4) is 5.75 Å². The molecule has 1 aliphatic rings. The van der Waals surface area contributed by atoms with Gasteiger partial charge in [-0.05, 0) is 37.3 Å². The van der Waals surface area contributed by atoms with Crippen molar-refractivity contribution in [3.05, 3.63) is 29.8 Å². The second kappa shape index (κ2) is 4.01. The van der Waals surface area contributed by atoms with Gasteiger partial charge in [-0.1, -0.05) is 18.2 Å². The van der Waals surface area contributed by atoms with Gasteiger partial charge >= 0.3 is 0 Å². The number of para-hydroxylation sites is 1. The molecular formula is C12H17NO. The minimum absolute atomic E-state index is 0.270. The molecule has 1 aliphatic heterocycles. The van der Waals surface area contributed by atoms with Crippen molar-refractivity contribution in [1.29, 1.82) is 0 Å². The van der Waals surface area contributed by atoms with Gasteiger partial charge in [0.2, 0.25) is 0 Å². The highest BCUT2D eigenvalue weighted by atomic mass is 16.5. The van der Waals surface area contributed by atoms with Crippen LogP contribution in [0, 0.1) is 0 Å². The van der Waals surface area contributed by atoms with Crippen molar-refractivity contribution in [2.75, 3.05) is 6.61 Å². The van der Waals surface area contributed by atoms with Crippen LogP contribution < -0.4 is 10.5 Å². The van der Waals surface area contributed by atoms with E-state index in [0.717, 1.165) is 25.2 Å². The Bertz CT molecular complexity index is 309. The van der Waals surface area contributed by atoms with Crippen LogP contribution in [0.1, 0.15) is 31.2 Å². The number of hydrogen-bond acceptors (Lipinski definition) is 2. The first-order valence-corrected chi connectivity index (χ1v) is 5.24. The lowest BCUT2D eigenvalue weighted by atomic mass is 9.88. The second-order valence-corrected chi connectivity index (χ2v) is 4.08. The van der Waals surface area contributed by atoms with Crippen LogP contribution in [-0.2, 0) is 0 Å². The van der Waals surface area contributed by atoms with Gasteiger partial charge in [-0.2, -0.15) is 0 Å². The summed E-state index contributed by atoms with van der Waals surface area (Å²) in [5.74, 6) is 1.63. The van der Waals surface area contributed by atoms with Crippen LogP contribution in [0.4, 0.5) is 0 Å². The predicted octanol–water partition coefficient (Wildman–Crippen LogP) is 2.29. The summed E-state index contributed by atoms with van der Waals surface area (Å²) in [6.45, 7) is 2.90. The number of hydrogen-bond donors (Lipinski definition) is 1. The summed E-state index contributed by atoms with van der Waals surface area (Å²) in [6.07, 6.45) is 2.15. The van der Waals surface area contributed by atoms with E-state index in [1.165, 1.54) is 5.56 Å². The zero-order valence-electron chi connectivity index (χ0n) is 8.57. The van der Waals surface area contributed by atoms with E-state index in [1.807, 2.05) is 12.1 Å². The molecule has 2 heteroatoms. The zero-order chi connectivity index (χ0) is 9.97. The number of benzene rings is 1. The van der Waals surface area contributed by atoms with Crippen molar-refractivity contribution in [2.45, 2.75) is 31.7 Å². The molecule has 76 valence electrons. The van der Waals surface area contributed by atoms with E-state index in [-0.39, 0.29) is 6.04 Å². The molecule has 2 atom stereocenters. The van der Waals surface area contributed by atoms with Crippen molar-refractivity contribution in [2.24, 2.45) is 5.73 Å².